The Morgan fingerprint density at radius 2 is 1.21 bits per heavy atom. The summed E-state index contributed by atoms with van der Waals surface area (Å²) in [5.41, 5.74) is 8.21. The summed E-state index contributed by atoms with van der Waals surface area (Å²) < 4.78 is 4.42. The molecule has 33 heavy (non-hydrogen) atoms. The van der Waals surface area contributed by atoms with Crippen LogP contribution in [0, 0.1) is 0 Å². The molecule has 0 radical (unpaired) electrons. The van der Waals surface area contributed by atoms with E-state index < -0.39 is 0 Å². The molecule has 0 spiro atoms. The van der Waals surface area contributed by atoms with Gasteiger partial charge in [-0.15, -0.1) is 0 Å². The minimum atomic E-state index is 1.04. The zero-order valence-electron chi connectivity index (χ0n) is 17.5. The zero-order valence-corrected chi connectivity index (χ0v) is 20.7. The minimum Gasteiger partial charge on any atom is -0.309 e. The van der Waals surface area contributed by atoms with Crippen LogP contribution in [0.4, 0.5) is 0 Å². The molecule has 2 heterocycles. The molecule has 0 unspecified atom stereocenters. The molecule has 0 bridgehead atoms. The zero-order chi connectivity index (χ0) is 22.4. The molecular formula is C29H18Br2N2. The Morgan fingerprint density at radius 1 is 0.545 bits per heavy atom. The molecule has 6 aromatic rings. The van der Waals surface area contributed by atoms with Crippen LogP contribution in [0.25, 0.3) is 49.7 Å². The van der Waals surface area contributed by atoms with Crippen LogP contribution in [-0.2, 0) is 0 Å². The molecule has 0 aliphatic heterocycles. The van der Waals surface area contributed by atoms with E-state index in [2.05, 4.69) is 132 Å². The van der Waals surface area contributed by atoms with Crippen molar-refractivity contribution in [2.45, 2.75) is 0 Å². The van der Waals surface area contributed by atoms with E-state index in [1.807, 2.05) is 12.3 Å². The third kappa shape index (κ3) is 3.69. The number of halogens is 2. The van der Waals surface area contributed by atoms with Crippen LogP contribution >= 0.6 is 31.9 Å². The number of para-hydroxylation sites is 1. The smallest absolute Gasteiger partial charge is 0.0541 e. The molecule has 0 aliphatic rings. The van der Waals surface area contributed by atoms with Gasteiger partial charge in [-0.2, -0.15) is 0 Å². The first kappa shape index (κ1) is 20.4. The van der Waals surface area contributed by atoms with Crippen molar-refractivity contribution in [2.24, 2.45) is 0 Å². The van der Waals surface area contributed by atoms with Crippen molar-refractivity contribution < 1.29 is 0 Å². The fourth-order valence-corrected chi connectivity index (χ4v) is 5.76. The normalized spacial score (nSPS) is 11.3. The van der Waals surface area contributed by atoms with Crippen molar-refractivity contribution >= 4 is 53.7 Å². The van der Waals surface area contributed by atoms with Gasteiger partial charge in [-0.3, -0.25) is 4.98 Å². The molecule has 0 atom stereocenters. The van der Waals surface area contributed by atoms with Gasteiger partial charge in [0.1, 0.15) is 0 Å². The molecule has 0 fully saturated rings. The summed E-state index contributed by atoms with van der Waals surface area (Å²) in [7, 11) is 0. The van der Waals surface area contributed by atoms with Crippen molar-refractivity contribution in [3.05, 3.63) is 118 Å². The number of hydrogen-bond donors (Lipinski definition) is 0. The summed E-state index contributed by atoms with van der Waals surface area (Å²) in [6, 6.07) is 34.5. The molecule has 0 aliphatic carbocycles. The summed E-state index contributed by atoms with van der Waals surface area (Å²) in [6.07, 6.45) is 3.70. The van der Waals surface area contributed by atoms with Gasteiger partial charge in [-0.05, 0) is 64.7 Å². The van der Waals surface area contributed by atoms with E-state index in [0.717, 1.165) is 20.2 Å². The van der Waals surface area contributed by atoms with Gasteiger partial charge in [0.05, 0.1) is 11.0 Å². The second-order valence-electron chi connectivity index (χ2n) is 8.03. The number of fused-ring (bicyclic) bond motifs is 3. The minimum absolute atomic E-state index is 1.04. The first-order valence-electron chi connectivity index (χ1n) is 10.7. The van der Waals surface area contributed by atoms with Gasteiger partial charge in [0.25, 0.3) is 0 Å². The number of hydrogen-bond acceptors (Lipinski definition) is 1. The highest BCUT2D eigenvalue weighted by molar-refractivity contribution is 9.11. The molecule has 6 rings (SSSR count). The number of benzene rings is 4. The van der Waals surface area contributed by atoms with Gasteiger partial charge in [0.15, 0.2) is 0 Å². The van der Waals surface area contributed by atoms with Gasteiger partial charge in [0.2, 0.25) is 0 Å². The molecule has 2 aromatic heterocycles. The molecule has 0 saturated carbocycles. The Labute approximate surface area is 208 Å². The highest BCUT2D eigenvalue weighted by Crippen LogP contribution is 2.36. The third-order valence-electron chi connectivity index (χ3n) is 5.99. The van der Waals surface area contributed by atoms with Crippen LogP contribution in [0.5, 0.6) is 0 Å². The van der Waals surface area contributed by atoms with Crippen molar-refractivity contribution in [1.82, 2.24) is 9.55 Å². The highest BCUT2D eigenvalue weighted by Gasteiger charge is 2.14. The van der Waals surface area contributed by atoms with Gasteiger partial charge in [0, 0.05) is 37.8 Å². The van der Waals surface area contributed by atoms with Crippen molar-refractivity contribution in [1.29, 1.82) is 0 Å². The lowest BCUT2D eigenvalue weighted by Crippen LogP contribution is -1.94. The first-order chi connectivity index (χ1) is 16.2. The highest BCUT2D eigenvalue weighted by atomic mass is 79.9. The van der Waals surface area contributed by atoms with Gasteiger partial charge in [-0.25, -0.2) is 0 Å². The van der Waals surface area contributed by atoms with E-state index in [1.54, 1.807) is 6.20 Å². The topological polar surface area (TPSA) is 17.8 Å². The Balaban J connectivity index is 1.51. The lowest BCUT2D eigenvalue weighted by atomic mass is 10.00. The summed E-state index contributed by atoms with van der Waals surface area (Å²) in [5.74, 6) is 0. The first-order valence-corrected chi connectivity index (χ1v) is 12.3. The average molecular weight is 554 g/mol. The van der Waals surface area contributed by atoms with Crippen LogP contribution in [-0.4, -0.2) is 9.55 Å². The maximum Gasteiger partial charge on any atom is 0.0541 e. The SMILES string of the molecule is Brc1cc(Br)cc(-n2c3ccccc3c3cc(-c4ccc(-c5cccnc5)cc4)ccc32)c1. The molecule has 4 aromatic carbocycles. The number of rotatable bonds is 3. The predicted octanol–water partition coefficient (Wildman–Crippen LogP) is 9.04. The number of pyridine rings is 1. The van der Waals surface area contributed by atoms with E-state index in [0.29, 0.717) is 0 Å². The van der Waals surface area contributed by atoms with Gasteiger partial charge >= 0.3 is 0 Å². The number of aromatic nitrogens is 2. The molecule has 4 heteroatoms. The third-order valence-corrected chi connectivity index (χ3v) is 6.91. The standard InChI is InChI=1S/C29H18Br2N2/c30-23-15-24(31)17-25(16-23)33-28-6-2-1-5-26(28)27-14-21(11-12-29(27)33)19-7-9-20(10-8-19)22-4-3-13-32-18-22/h1-18H. The Hall–Kier alpha value is -3.21. The Bertz CT molecular complexity index is 1600. The summed E-state index contributed by atoms with van der Waals surface area (Å²) in [5, 5.41) is 2.49. The van der Waals surface area contributed by atoms with E-state index in [9.17, 15) is 0 Å². The summed E-state index contributed by atoms with van der Waals surface area (Å²) in [6.45, 7) is 0. The van der Waals surface area contributed by atoms with Crippen LogP contribution in [0.1, 0.15) is 0 Å². The monoisotopic (exact) mass is 552 g/mol. The number of nitrogens with zero attached hydrogens (tertiary/aromatic N) is 2. The van der Waals surface area contributed by atoms with Crippen LogP contribution in [0.2, 0.25) is 0 Å². The molecular weight excluding hydrogens is 536 g/mol. The fraction of sp³-hybridized carbons (Fsp3) is 0. The molecule has 0 saturated heterocycles. The van der Waals surface area contributed by atoms with E-state index in [4.69, 9.17) is 0 Å². The van der Waals surface area contributed by atoms with Crippen LogP contribution in [0.3, 0.4) is 0 Å². The largest absolute Gasteiger partial charge is 0.309 e. The average Bonchev–Trinajstić information content (AvgIpc) is 3.18. The van der Waals surface area contributed by atoms with Crippen molar-refractivity contribution in [3.63, 3.8) is 0 Å². The second kappa shape index (κ2) is 8.29. The quantitative estimate of drug-likeness (QED) is 0.214. The molecule has 0 amide bonds. The molecule has 2 nitrogen and oxygen atoms in total. The Kier molecular flexibility index (Phi) is 5.12. The van der Waals surface area contributed by atoms with Crippen LogP contribution < -0.4 is 0 Å². The van der Waals surface area contributed by atoms with Gasteiger partial charge in [-0.1, -0.05) is 86.5 Å². The fourth-order valence-electron chi connectivity index (χ4n) is 4.49. The van der Waals surface area contributed by atoms with Crippen molar-refractivity contribution in [3.8, 4) is 27.9 Å². The van der Waals surface area contributed by atoms with E-state index in [-0.39, 0.29) is 0 Å². The lowest BCUT2D eigenvalue weighted by Gasteiger charge is -2.10. The van der Waals surface area contributed by atoms with Crippen molar-refractivity contribution in [2.75, 3.05) is 0 Å². The summed E-state index contributed by atoms with van der Waals surface area (Å²) in [4.78, 5) is 4.23. The maximum absolute atomic E-state index is 4.23. The molecule has 0 N–H and O–H groups in total. The second-order valence-corrected chi connectivity index (χ2v) is 9.86. The molecule has 158 valence electrons. The Morgan fingerprint density at radius 3 is 1.94 bits per heavy atom. The maximum atomic E-state index is 4.23. The lowest BCUT2D eigenvalue weighted by molar-refractivity contribution is 1.17. The van der Waals surface area contributed by atoms with Gasteiger partial charge < -0.3 is 4.57 Å². The summed E-state index contributed by atoms with van der Waals surface area (Å²) >= 11 is 7.29. The van der Waals surface area contributed by atoms with E-state index >= 15 is 0 Å². The van der Waals surface area contributed by atoms with E-state index in [1.165, 1.54) is 38.5 Å². The predicted molar refractivity (Wildman–Crippen MR) is 145 cm³/mol. The van der Waals surface area contributed by atoms with Crippen LogP contribution in [0.15, 0.2) is 118 Å².